The summed E-state index contributed by atoms with van der Waals surface area (Å²) in [7, 11) is 0. The lowest BCUT2D eigenvalue weighted by molar-refractivity contribution is -0.114. The Labute approximate surface area is 113 Å². The van der Waals surface area contributed by atoms with Crippen LogP contribution in [0.15, 0.2) is 12.1 Å². The van der Waals surface area contributed by atoms with Crippen LogP contribution in [0.2, 0.25) is 5.02 Å². The van der Waals surface area contributed by atoms with Gasteiger partial charge in [-0.1, -0.05) is 18.5 Å². The molecular weight excluding hydrogens is 280 g/mol. The van der Waals surface area contributed by atoms with Gasteiger partial charge in [-0.3, -0.25) is 9.59 Å². The van der Waals surface area contributed by atoms with E-state index in [1.165, 1.54) is 6.07 Å². The minimum atomic E-state index is -0.767. The van der Waals surface area contributed by atoms with Crippen LogP contribution in [0.3, 0.4) is 0 Å². The van der Waals surface area contributed by atoms with E-state index in [1.807, 2.05) is 6.92 Å². The van der Waals surface area contributed by atoms with Crippen LogP contribution in [0.4, 0.5) is 10.1 Å². The molecule has 1 aliphatic rings. The quantitative estimate of drug-likeness (QED) is 0.634. The highest BCUT2D eigenvalue weighted by atomic mass is 35.5. The highest BCUT2D eigenvalue weighted by Crippen LogP contribution is 2.36. The minimum Gasteiger partial charge on any atom is -0.302 e. The van der Waals surface area contributed by atoms with Crippen LogP contribution < -0.4 is 4.90 Å². The maximum absolute atomic E-state index is 13.8. The lowest BCUT2D eigenvalue weighted by Gasteiger charge is -2.20. The number of hydrogen-bond acceptors (Lipinski definition) is 2. The lowest BCUT2D eigenvalue weighted by Crippen LogP contribution is -2.34. The molecule has 0 aliphatic carbocycles. The fourth-order valence-corrected chi connectivity index (χ4v) is 2.22. The van der Waals surface area contributed by atoms with Gasteiger partial charge in [0.2, 0.25) is 0 Å². The molecule has 3 nitrogen and oxygen atoms in total. The average Bonchev–Trinajstić information content (AvgIpc) is 2.60. The molecule has 0 saturated heterocycles. The summed E-state index contributed by atoms with van der Waals surface area (Å²) in [6, 6.07) is 2.42. The van der Waals surface area contributed by atoms with Crippen LogP contribution in [0, 0.1) is 11.7 Å². The van der Waals surface area contributed by atoms with Gasteiger partial charge in [0.1, 0.15) is 5.82 Å². The number of carbonyl (C=O) groups is 2. The second-order valence-electron chi connectivity index (χ2n) is 4.26. The summed E-state index contributed by atoms with van der Waals surface area (Å²) in [5, 5.41) is 0.0887. The van der Waals surface area contributed by atoms with Crippen LogP contribution in [-0.2, 0) is 4.79 Å². The number of nitrogens with zero attached hydrogens (tertiary/aromatic N) is 1. The first-order chi connectivity index (χ1) is 8.47. The Hall–Kier alpha value is -1.13. The summed E-state index contributed by atoms with van der Waals surface area (Å²) in [4.78, 5) is 24.7. The zero-order valence-electron chi connectivity index (χ0n) is 9.54. The van der Waals surface area contributed by atoms with Crippen molar-refractivity contribution in [1.82, 2.24) is 0 Å². The summed E-state index contributed by atoms with van der Waals surface area (Å²) in [6.45, 7) is 2.00. The molecule has 0 fully saturated rings. The van der Waals surface area contributed by atoms with E-state index in [1.54, 1.807) is 0 Å². The Morgan fingerprint density at radius 1 is 1.39 bits per heavy atom. The number of rotatable bonds is 3. The largest absolute Gasteiger partial charge is 0.302 e. The fourth-order valence-electron chi connectivity index (χ4n) is 1.89. The fraction of sp³-hybridized carbons (Fsp3) is 0.333. The zero-order chi connectivity index (χ0) is 13.4. The molecule has 1 aliphatic heterocycles. The number of halogens is 3. The van der Waals surface area contributed by atoms with Crippen molar-refractivity contribution in [1.29, 1.82) is 0 Å². The number of anilines is 1. The molecule has 2 rings (SSSR count). The normalized spacial score (nSPS) is 16.1. The molecule has 1 heterocycles. The number of benzene rings is 1. The van der Waals surface area contributed by atoms with Crippen molar-refractivity contribution in [2.45, 2.75) is 6.92 Å². The Morgan fingerprint density at radius 3 is 2.67 bits per heavy atom. The van der Waals surface area contributed by atoms with Gasteiger partial charge in [0.15, 0.2) is 0 Å². The number of carbonyl (C=O) groups excluding carboxylic acids is 2. The number of ketones is 1. The molecule has 0 N–H and O–H groups in total. The second kappa shape index (κ2) is 4.86. The Kier molecular flexibility index (Phi) is 3.59. The number of hydrogen-bond donors (Lipinski definition) is 0. The van der Waals surface area contributed by atoms with Gasteiger partial charge < -0.3 is 4.90 Å². The summed E-state index contributed by atoms with van der Waals surface area (Å²) >= 11 is 11.5. The van der Waals surface area contributed by atoms with E-state index in [9.17, 15) is 14.0 Å². The second-order valence-corrected chi connectivity index (χ2v) is 4.97. The summed E-state index contributed by atoms with van der Waals surface area (Å²) in [5.74, 6) is -1.89. The minimum absolute atomic E-state index is 0.0329. The highest BCUT2D eigenvalue weighted by molar-refractivity contribution is 6.55. The topological polar surface area (TPSA) is 37.4 Å². The van der Waals surface area contributed by atoms with Gasteiger partial charge >= 0.3 is 0 Å². The summed E-state index contributed by atoms with van der Waals surface area (Å²) in [5.41, 5.74) is -0.0853. The smallest absolute Gasteiger partial charge is 0.299 e. The predicted octanol–water partition coefficient (Wildman–Crippen LogP) is 2.88. The van der Waals surface area contributed by atoms with Gasteiger partial charge in [-0.05, 0) is 18.1 Å². The third-order valence-corrected chi connectivity index (χ3v) is 3.61. The molecule has 0 bridgehead atoms. The van der Waals surface area contributed by atoms with E-state index in [2.05, 4.69) is 0 Å². The highest BCUT2D eigenvalue weighted by Gasteiger charge is 2.40. The Morgan fingerprint density at radius 2 is 2.06 bits per heavy atom. The molecule has 96 valence electrons. The maximum Gasteiger partial charge on any atom is 0.299 e. The Balaban J connectivity index is 2.51. The van der Waals surface area contributed by atoms with Crippen LogP contribution >= 0.6 is 23.2 Å². The van der Waals surface area contributed by atoms with Crippen molar-refractivity contribution in [2.75, 3.05) is 17.3 Å². The molecule has 1 aromatic rings. The van der Waals surface area contributed by atoms with Crippen LogP contribution in [0.25, 0.3) is 0 Å². The monoisotopic (exact) mass is 289 g/mol. The zero-order valence-corrected chi connectivity index (χ0v) is 11.1. The molecule has 6 heteroatoms. The SMILES string of the molecule is CC(CCl)CN1C(=O)C(=O)c2c(Cl)ccc(F)c21. The number of amides is 1. The Bertz CT molecular complexity index is 533. The molecule has 1 aromatic carbocycles. The van der Waals surface area contributed by atoms with Gasteiger partial charge in [0.25, 0.3) is 11.7 Å². The average molecular weight is 290 g/mol. The van der Waals surface area contributed by atoms with Crippen LogP contribution in [0.5, 0.6) is 0 Å². The van der Waals surface area contributed by atoms with Crippen molar-refractivity contribution < 1.29 is 14.0 Å². The predicted molar refractivity (Wildman–Crippen MR) is 68.0 cm³/mol. The first-order valence-corrected chi connectivity index (χ1v) is 6.28. The van der Waals surface area contributed by atoms with Crippen LogP contribution in [-0.4, -0.2) is 24.1 Å². The molecule has 0 aromatic heterocycles. The van der Waals surface area contributed by atoms with Gasteiger partial charge in [-0.2, -0.15) is 0 Å². The molecule has 1 atom stereocenters. The van der Waals surface area contributed by atoms with Gasteiger partial charge in [-0.15, -0.1) is 11.6 Å². The van der Waals surface area contributed by atoms with Gasteiger partial charge in [0, 0.05) is 12.4 Å². The molecular formula is C12H10Cl2FNO2. The van der Waals surface area contributed by atoms with Crippen molar-refractivity contribution in [3.63, 3.8) is 0 Å². The van der Waals surface area contributed by atoms with Crippen molar-refractivity contribution >= 4 is 40.6 Å². The number of alkyl halides is 1. The molecule has 1 unspecified atom stereocenters. The van der Waals surface area contributed by atoms with Crippen molar-refractivity contribution in [3.05, 3.63) is 28.5 Å². The third-order valence-electron chi connectivity index (χ3n) is 2.77. The maximum atomic E-state index is 13.8. The lowest BCUT2D eigenvalue weighted by atomic mass is 10.1. The molecule has 1 amide bonds. The van der Waals surface area contributed by atoms with Crippen LogP contribution in [0.1, 0.15) is 17.3 Å². The van der Waals surface area contributed by atoms with E-state index in [-0.39, 0.29) is 28.7 Å². The number of Topliss-reactive ketones (excluding diaryl/α,β-unsaturated/α-hetero) is 1. The first-order valence-electron chi connectivity index (χ1n) is 5.37. The van der Waals surface area contributed by atoms with E-state index in [4.69, 9.17) is 23.2 Å². The molecule has 0 spiro atoms. The van der Waals surface area contributed by atoms with Gasteiger partial charge in [0.05, 0.1) is 16.3 Å². The molecule has 18 heavy (non-hydrogen) atoms. The first kappa shape index (κ1) is 13.3. The molecule has 0 saturated carbocycles. The van der Waals surface area contributed by atoms with Crippen molar-refractivity contribution in [2.24, 2.45) is 5.92 Å². The summed E-state index contributed by atoms with van der Waals surface area (Å²) < 4.78 is 13.8. The molecule has 0 radical (unpaired) electrons. The third kappa shape index (κ3) is 1.99. The summed E-state index contributed by atoms with van der Waals surface area (Å²) in [6.07, 6.45) is 0. The van der Waals surface area contributed by atoms with E-state index < -0.39 is 17.5 Å². The van der Waals surface area contributed by atoms with E-state index in [0.717, 1.165) is 11.0 Å². The van der Waals surface area contributed by atoms with E-state index >= 15 is 0 Å². The van der Waals surface area contributed by atoms with E-state index in [0.29, 0.717) is 5.88 Å². The van der Waals surface area contributed by atoms with Gasteiger partial charge in [-0.25, -0.2) is 4.39 Å². The number of fused-ring (bicyclic) bond motifs is 1. The van der Waals surface area contributed by atoms with Crippen molar-refractivity contribution in [3.8, 4) is 0 Å². The standard InChI is InChI=1S/C12H10Cl2FNO2/c1-6(4-13)5-16-10-8(15)3-2-7(14)9(10)11(17)12(16)18/h2-3,6H,4-5H2,1H3.